The molecule has 30 heavy (non-hydrogen) atoms. The molecule has 0 bridgehead atoms. The zero-order chi connectivity index (χ0) is 21.5. The Labute approximate surface area is 186 Å². The Kier molecular flexibility index (Phi) is 7.50. The molecule has 2 amide bonds. The Balaban J connectivity index is 1.88. The summed E-state index contributed by atoms with van der Waals surface area (Å²) in [6.07, 6.45) is 0. The number of rotatable bonds is 7. The van der Waals surface area contributed by atoms with Gasteiger partial charge in [0, 0.05) is 30.1 Å². The fraction of sp³-hybridized carbons (Fsp3) is 0.167. The largest absolute Gasteiger partial charge is 0.350 e. The molecule has 0 heterocycles. The van der Waals surface area contributed by atoms with E-state index < -0.39 is 6.04 Å². The van der Waals surface area contributed by atoms with Crippen LogP contribution < -0.4 is 5.32 Å². The minimum Gasteiger partial charge on any atom is -0.350 e. The Morgan fingerprint density at radius 3 is 2.17 bits per heavy atom. The lowest BCUT2D eigenvalue weighted by Crippen LogP contribution is -2.42. The third-order valence-electron chi connectivity index (χ3n) is 4.76. The van der Waals surface area contributed by atoms with Gasteiger partial charge >= 0.3 is 0 Å². The molecule has 3 aromatic carbocycles. The fourth-order valence-electron chi connectivity index (χ4n) is 3.20. The second kappa shape index (κ2) is 10.3. The zero-order valence-electron chi connectivity index (χ0n) is 16.5. The molecule has 0 aliphatic heterocycles. The van der Waals surface area contributed by atoms with Crippen molar-refractivity contribution in [3.63, 3.8) is 0 Å². The normalized spacial score (nSPS) is 11.6. The highest BCUT2D eigenvalue weighted by Crippen LogP contribution is 2.25. The average molecular weight is 441 g/mol. The topological polar surface area (TPSA) is 49.4 Å². The average Bonchev–Trinajstić information content (AvgIpc) is 2.75. The summed E-state index contributed by atoms with van der Waals surface area (Å²) in [6.45, 7) is 2.02. The molecular weight excluding hydrogens is 419 g/mol. The summed E-state index contributed by atoms with van der Waals surface area (Å²) in [5.41, 5.74) is 2.43. The minimum absolute atomic E-state index is 0.202. The van der Waals surface area contributed by atoms with Gasteiger partial charge in [-0.1, -0.05) is 83.9 Å². The van der Waals surface area contributed by atoms with Gasteiger partial charge in [0.05, 0.1) is 0 Å². The third-order valence-corrected chi connectivity index (χ3v) is 5.38. The minimum atomic E-state index is -0.776. The van der Waals surface area contributed by atoms with E-state index in [0.29, 0.717) is 10.0 Å². The van der Waals surface area contributed by atoms with Gasteiger partial charge in [-0.25, -0.2) is 0 Å². The fourth-order valence-corrected chi connectivity index (χ4v) is 3.53. The molecule has 4 nitrogen and oxygen atoms in total. The number of hydrogen-bond acceptors (Lipinski definition) is 2. The smallest absolute Gasteiger partial charge is 0.247 e. The van der Waals surface area contributed by atoms with E-state index in [-0.39, 0.29) is 24.9 Å². The molecule has 1 atom stereocenters. The van der Waals surface area contributed by atoms with Crippen LogP contribution in [0.1, 0.15) is 29.7 Å². The first-order valence-electron chi connectivity index (χ1n) is 9.53. The predicted octanol–water partition coefficient (Wildman–Crippen LogP) is 5.40. The molecule has 0 aliphatic carbocycles. The molecule has 0 fully saturated rings. The monoisotopic (exact) mass is 440 g/mol. The molecule has 1 N–H and O–H groups in total. The number of carbonyl (C=O) groups is 2. The van der Waals surface area contributed by atoms with E-state index in [0.717, 1.165) is 16.7 Å². The zero-order valence-corrected chi connectivity index (χ0v) is 18.0. The SMILES string of the molecule is CC(=O)N(Cc1ccc(Cl)cc1)[C@@H](C(=O)NCc1ccccc1Cl)c1ccccc1. The summed E-state index contributed by atoms with van der Waals surface area (Å²) >= 11 is 12.2. The van der Waals surface area contributed by atoms with Crippen LogP contribution in [0.25, 0.3) is 0 Å². The molecule has 3 rings (SSSR count). The van der Waals surface area contributed by atoms with Crippen LogP contribution in [-0.4, -0.2) is 16.7 Å². The number of nitrogens with zero attached hydrogens (tertiary/aromatic N) is 1. The third kappa shape index (κ3) is 5.62. The van der Waals surface area contributed by atoms with Crippen LogP contribution in [0.3, 0.4) is 0 Å². The summed E-state index contributed by atoms with van der Waals surface area (Å²) in [4.78, 5) is 27.4. The van der Waals surface area contributed by atoms with Gasteiger partial charge in [-0.2, -0.15) is 0 Å². The highest BCUT2D eigenvalue weighted by molar-refractivity contribution is 6.31. The molecule has 0 aromatic heterocycles. The van der Waals surface area contributed by atoms with Crippen molar-refractivity contribution in [1.29, 1.82) is 0 Å². The summed E-state index contributed by atoms with van der Waals surface area (Å²) in [5, 5.41) is 4.13. The van der Waals surface area contributed by atoms with Gasteiger partial charge < -0.3 is 10.2 Å². The number of carbonyl (C=O) groups excluding carboxylic acids is 2. The van der Waals surface area contributed by atoms with Crippen molar-refractivity contribution in [3.8, 4) is 0 Å². The van der Waals surface area contributed by atoms with E-state index in [1.807, 2.05) is 60.7 Å². The van der Waals surface area contributed by atoms with Crippen molar-refractivity contribution in [1.82, 2.24) is 10.2 Å². The van der Waals surface area contributed by atoms with Crippen LogP contribution in [0.5, 0.6) is 0 Å². The van der Waals surface area contributed by atoms with Gasteiger partial charge in [0.15, 0.2) is 0 Å². The maximum atomic E-state index is 13.2. The highest BCUT2D eigenvalue weighted by Gasteiger charge is 2.29. The molecule has 0 radical (unpaired) electrons. The predicted molar refractivity (Wildman–Crippen MR) is 120 cm³/mol. The Bertz CT molecular complexity index is 1010. The Morgan fingerprint density at radius 2 is 1.53 bits per heavy atom. The highest BCUT2D eigenvalue weighted by atomic mass is 35.5. The second-order valence-electron chi connectivity index (χ2n) is 6.90. The maximum absolute atomic E-state index is 13.2. The number of benzene rings is 3. The van der Waals surface area contributed by atoms with Crippen LogP contribution in [0.2, 0.25) is 10.0 Å². The summed E-state index contributed by atoms with van der Waals surface area (Å²) in [5.74, 6) is -0.475. The molecule has 0 spiro atoms. The van der Waals surface area contributed by atoms with Crippen molar-refractivity contribution in [2.75, 3.05) is 0 Å². The molecule has 0 aliphatic rings. The van der Waals surface area contributed by atoms with E-state index in [4.69, 9.17) is 23.2 Å². The van der Waals surface area contributed by atoms with Gasteiger partial charge in [0.25, 0.3) is 0 Å². The van der Waals surface area contributed by atoms with Crippen molar-refractivity contribution in [2.45, 2.75) is 26.1 Å². The first-order valence-corrected chi connectivity index (χ1v) is 10.3. The molecule has 3 aromatic rings. The molecular formula is C24H22Cl2N2O2. The lowest BCUT2D eigenvalue weighted by atomic mass is 10.0. The Hall–Kier alpha value is -2.82. The van der Waals surface area contributed by atoms with E-state index in [9.17, 15) is 9.59 Å². The first-order chi connectivity index (χ1) is 14.5. The standard InChI is InChI=1S/C24H22Cl2N2O2/c1-17(29)28(16-18-11-13-21(25)14-12-18)23(19-7-3-2-4-8-19)24(30)27-15-20-9-5-6-10-22(20)26/h2-14,23H,15-16H2,1H3,(H,27,30)/t23-/m1/s1. The lowest BCUT2D eigenvalue weighted by Gasteiger charge is -2.30. The summed E-state index contributed by atoms with van der Waals surface area (Å²) in [7, 11) is 0. The van der Waals surface area contributed by atoms with E-state index in [1.165, 1.54) is 6.92 Å². The van der Waals surface area contributed by atoms with Gasteiger partial charge in [-0.3, -0.25) is 9.59 Å². The number of halogens is 2. The molecule has 154 valence electrons. The van der Waals surface area contributed by atoms with Gasteiger partial charge in [0.1, 0.15) is 6.04 Å². The summed E-state index contributed by atoms with van der Waals surface area (Å²) in [6, 6.07) is 23.1. The van der Waals surface area contributed by atoms with Gasteiger partial charge in [-0.05, 0) is 34.9 Å². The molecule has 6 heteroatoms. The molecule has 0 saturated carbocycles. The summed E-state index contributed by atoms with van der Waals surface area (Å²) < 4.78 is 0. The van der Waals surface area contributed by atoms with E-state index >= 15 is 0 Å². The second-order valence-corrected chi connectivity index (χ2v) is 7.74. The van der Waals surface area contributed by atoms with Crippen LogP contribution in [0, 0.1) is 0 Å². The number of amides is 2. The number of hydrogen-bond donors (Lipinski definition) is 1. The quantitative estimate of drug-likeness (QED) is 0.534. The number of nitrogens with one attached hydrogen (secondary N) is 1. The van der Waals surface area contributed by atoms with E-state index in [2.05, 4.69) is 5.32 Å². The van der Waals surface area contributed by atoms with Crippen LogP contribution >= 0.6 is 23.2 Å². The molecule has 0 unspecified atom stereocenters. The first kappa shape index (κ1) is 21.9. The molecule has 0 saturated heterocycles. The Morgan fingerprint density at radius 1 is 0.900 bits per heavy atom. The van der Waals surface area contributed by atoms with Crippen molar-refractivity contribution in [2.24, 2.45) is 0 Å². The van der Waals surface area contributed by atoms with Crippen LogP contribution in [-0.2, 0) is 22.7 Å². The van der Waals surface area contributed by atoms with Gasteiger partial charge in [-0.15, -0.1) is 0 Å². The van der Waals surface area contributed by atoms with Crippen LogP contribution in [0.15, 0.2) is 78.9 Å². The van der Waals surface area contributed by atoms with Crippen molar-refractivity contribution < 1.29 is 9.59 Å². The van der Waals surface area contributed by atoms with Crippen molar-refractivity contribution >= 4 is 35.0 Å². The van der Waals surface area contributed by atoms with E-state index in [1.54, 1.807) is 23.1 Å². The van der Waals surface area contributed by atoms with Gasteiger partial charge in [0.2, 0.25) is 11.8 Å². The van der Waals surface area contributed by atoms with Crippen molar-refractivity contribution in [3.05, 3.63) is 106 Å². The van der Waals surface area contributed by atoms with Crippen LogP contribution in [0.4, 0.5) is 0 Å². The maximum Gasteiger partial charge on any atom is 0.247 e. The lowest BCUT2D eigenvalue weighted by molar-refractivity contribution is -0.140.